The van der Waals surface area contributed by atoms with Crippen LogP contribution in [0.4, 0.5) is 0 Å². The monoisotopic (exact) mass is 294 g/mol. The molecule has 1 atom stereocenters. The highest BCUT2D eigenvalue weighted by Crippen LogP contribution is 2.24. The zero-order chi connectivity index (χ0) is 14.7. The highest BCUT2D eigenvalue weighted by molar-refractivity contribution is 6.20. The number of hydrogen-bond donors (Lipinski definition) is 0. The Morgan fingerprint density at radius 1 is 1.35 bits per heavy atom. The fraction of sp³-hybridized carbons (Fsp3) is 0.600. The van der Waals surface area contributed by atoms with E-state index >= 15 is 0 Å². The van der Waals surface area contributed by atoms with Crippen LogP contribution in [0.25, 0.3) is 11.0 Å². The Hall–Kier alpha value is -1.13. The molecular weight excluding hydrogens is 272 g/mol. The van der Waals surface area contributed by atoms with Gasteiger partial charge in [-0.25, -0.2) is 4.98 Å². The van der Waals surface area contributed by atoms with Gasteiger partial charge in [-0.1, -0.05) is 0 Å². The molecule has 0 bridgehead atoms. The zero-order valence-corrected chi connectivity index (χ0v) is 13.4. The molecule has 110 valence electrons. The number of aryl methyl sites for hydroxylation is 1. The summed E-state index contributed by atoms with van der Waals surface area (Å²) in [6.07, 6.45) is 4.69. The van der Waals surface area contributed by atoms with Crippen LogP contribution in [-0.4, -0.2) is 39.1 Å². The Morgan fingerprint density at radius 2 is 2.10 bits per heavy atom. The van der Waals surface area contributed by atoms with Crippen molar-refractivity contribution in [2.24, 2.45) is 0 Å². The third-order valence-corrected chi connectivity index (χ3v) is 3.91. The first-order valence-corrected chi connectivity index (χ1v) is 7.58. The maximum Gasteiger partial charge on any atom is 0.127 e. The van der Waals surface area contributed by atoms with Crippen LogP contribution >= 0.6 is 11.6 Å². The van der Waals surface area contributed by atoms with E-state index in [2.05, 4.69) is 40.3 Å². The third kappa shape index (κ3) is 3.30. The van der Waals surface area contributed by atoms with E-state index in [9.17, 15) is 0 Å². The average molecular weight is 295 g/mol. The van der Waals surface area contributed by atoms with Gasteiger partial charge in [0.15, 0.2) is 0 Å². The number of fused-ring (bicyclic) bond motifs is 1. The van der Waals surface area contributed by atoms with Gasteiger partial charge in [-0.3, -0.25) is 4.98 Å². The third-order valence-electron chi connectivity index (χ3n) is 3.71. The number of rotatable bonds is 6. The maximum absolute atomic E-state index is 6.26. The van der Waals surface area contributed by atoms with Gasteiger partial charge in [0.1, 0.15) is 11.3 Å². The van der Waals surface area contributed by atoms with E-state index in [0.29, 0.717) is 6.04 Å². The minimum atomic E-state index is -0.0924. The number of imidazole rings is 1. The van der Waals surface area contributed by atoms with Gasteiger partial charge in [0.25, 0.3) is 0 Å². The Balaban J connectivity index is 2.17. The highest BCUT2D eigenvalue weighted by Gasteiger charge is 2.14. The summed E-state index contributed by atoms with van der Waals surface area (Å²) in [7, 11) is 2.16. The van der Waals surface area contributed by atoms with Crippen molar-refractivity contribution in [3.63, 3.8) is 0 Å². The molecule has 4 nitrogen and oxygen atoms in total. The number of pyridine rings is 1. The second kappa shape index (κ2) is 6.55. The van der Waals surface area contributed by atoms with Gasteiger partial charge >= 0.3 is 0 Å². The Morgan fingerprint density at radius 3 is 2.75 bits per heavy atom. The molecule has 2 rings (SSSR count). The molecule has 0 aliphatic rings. The standard InChI is InChI=1S/C15H23ClN4/c1-11(2)19(4)8-5-9-20-14-6-7-17-10-13(14)18-15(20)12(3)16/h6-7,10-12H,5,8-9H2,1-4H3. The van der Waals surface area contributed by atoms with Crippen molar-refractivity contribution in [1.29, 1.82) is 0 Å². The van der Waals surface area contributed by atoms with Crippen molar-refractivity contribution in [1.82, 2.24) is 19.4 Å². The summed E-state index contributed by atoms with van der Waals surface area (Å²) in [4.78, 5) is 11.1. The largest absolute Gasteiger partial charge is 0.327 e. The molecule has 2 heterocycles. The molecule has 0 aliphatic heterocycles. The van der Waals surface area contributed by atoms with Gasteiger partial charge in [0.05, 0.1) is 17.1 Å². The molecule has 20 heavy (non-hydrogen) atoms. The zero-order valence-electron chi connectivity index (χ0n) is 12.7. The van der Waals surface area contributed by atoms with Crippen molar-refractivity contribution in [2.75, 3.05) is 13.6 Å². The lowest BCUT2D eigenvalue weighted by Crippen LogP contribution is -2.28. The van der Waals surface area contributed by atoms with E-state index in [0.717, 1.165) is 36.4 Å². The summed E-state index contributed by atoms with van der Waals surface area (Å²) < 4.78 is 2.23. The summed E-state index contributed by atoms with van der Waals surface area (Å²) in [6, 6.07) is 2.59. The first kappa shape index (κ1) is 15.3. The number of hydrogen-bond acceptors (Lipinski definition) is 3. The topological polar surface area (TPSA) is 34.0 Å². The van der Waals surface area contributed by atoms with Gasteiger partial charge < -0.3 is 9.47 Å². The summed E-state index contributed by atoms with van der Waals surface area (Å²) in [5.41, 5.74) is 2.04. The molecule has 0 saturated carbocycles. The van der Waals surface area contributed by atoms with Crippen LogP contribution in [0.15, 0.2) is 18.5 Å². The van der Waals surface area contributed by atoms with Crippen molar-refractivity contribution in [3.8, 4) is 0 Å². The fourth-order valence-corrected chi connectivity index (χ4v) is 2.44. The summed E-state index contributed by atoms with van der Waals surface area (Å²) in [6.45, 7) is 8.39. The van der Waals surface area contributed by atoms with E-state index in [-0.39, 0.29) is 5.38 Å². The lowest BCUT2D eigenvalue weighted by Gasteiger charge is -2.21. The van der Waals surface area contributed by atoms with Gasteiger partial charge in [-0.2, -0.15) is 0 Å². The molecular formula is C15H23ClN4. The number of halogens is 1. The second-order valence-electron chi connectivity index (χ2n) is 5.53. The van der Waals surface area contributed by atoms with Gasteiger partial charge in [-0.15, -0.1) is 11.6 Å². The van der Waals surface area contributed by atoms with Crippen molar-refractivity contribution in [3.05, 3.63) is 24.3 Å². The predicted molar refractivity (Wildman–Crippen MR) is 84.2 cm³/mol. The maximum atomic E-state index is 6.26. The number of aromatic nitrogens is 3. The van der Waals surface area contributed by atoms with Crippen LogP contribution in [0.2, 0.25) is 0 Å². The quantitative estimate of drug-likeness (QED) is 0.765. The molecule has 0 amide bonds. The van der Waals surface area contributed by atoms with Crippen LogP contribution < -0.4 is 0 Å². The van der Waals surface area contributed by atoms with E-state index in [4.69, 9.17) is 11.6 Å². The number of nitrogens with zero attached hydrogens (tertiary/aromatic N) is 4. The number of alkyl halides is 1. The highest BCUT2D eigenvalue weighted by atomic mass is 35.5. The van der Waals surface area contributed by atoms with Crippen LogP contribution in [0.3, 0.4) is 0 Å². The minimum Gasteiger partial charge on any atom is -0.327 e. The first-order chi connectivity index (χ1) is 9.50. The SMILES string of the molecule is CC(Cl)c1nc2cnccc2n1CCCN(C)C(C)C. The van der Waals surface area contributed by atoms with Crippen molar-refractivity contribution >= 4 is 22.6 Å². The van der Waals surface area contributed by atoms with Gasteiger partial charge in [0, 0.05) is 18.8 Å². The van der Waals surface area contributed by atoms with E-state index in [1.807, 2.05) is 19.2 Å². The smallest absolute Gasteiger partial charge is 0.127 e. The van der Waals surface area contributed by atoms with E-state index in [1.54, 1.807) is 6.20 Å². The molecule has 0 fully saturated rings. The normalized spacial score (nSPS) is 13.6. The van der Waals surface area contributed by atoms with E-state index < -0.39 is 0 Å². The predicted octanol–water partition coefficient (Wildman–Crippen LogP) is 3.46. The van der Waals surface area contributed by atoms with Crippen molar-refractivity contribution in [2.45, 2.75) is 45.2 Å². The summed E-state index contributed by atoms with van der Waals surface area (Å²) in [5.74, 6) is 0.932. The molecule has 2 aromatic rings. The van der Waals surface area contributed by atoms with Crippen LogP contribution in [0, 0.1) is 0 Å². The van der Waals surface area contributed by atoms with Gasteiger partial charge in [0.2, 0.25) is 0 Å². The molecule has 0 spiro atoms. The molecule has 0 radical (unpaired) electrons. The molecule has 0 aromatic carbocycles. The lowest BCUT2D eigenvalue weighted by molar-refractivity contribution is 0.265. The molecule has 0 aliphatic carbocycles. The summed E-state index contributed by atoms with van der Waals surface area (Å²) in [5, 5.41) is -0.0924. The molecule has 0 N–H and O–H groups in total. The molecule has 5 heteroatoms. The van der Waals surface area contributed by atoms with Crippen LogP contribution in [0.1, 0.15) is 38.4 Å². The van der Waals surface area contributed by atoms with Crippen LogP contribution in [-0.2, 0) is 6.54 Å². The lowest BCUT2D eigenvalue weighted by atomic mass is 10.3. The molecule has 2 aromatic heterocycles. The fourth-order valence-electron chi connectivity index (χ4n) is 2.28. The van der Waals surface area contributed by atoms with Crippen LogP contribution in [0.5, 0.6) is 0 Å². The molecule has 0 saturated heterocycles. The Kier molecular flexibility index (Phi) is 5.00. The van der Waals surface area contributed by atoms with E-state index in [1.165, 1.54) is 0 Å². The second-order valence-corrected chi connectivity index (χ2v) is 6.18. The average Bonchev–Trinajstić information content (AvgIpc) is 2.78. The summed E-state index contributed by atoms with van der Waals surface area (Å²) >= 11 is 6.26. The van der Waals surface area contributed by atoms with Gasteiger partial charge in [-0.05, 0) is 46.9 Å². The Bertz CT molecular complexity index is 562. The minimum absolute atomic E-state index is 0.0924. The Labute approximate surface area is 125 Å². The first-order valence-electron chi connectivity index (χ1n) is 7.15. The molecule has 1 unspecified atom stereocenters. The van der Waals surface area contributed by atoms with Crippen molar-refractivity contribution < 1.29 is 0 Å².